The van der Waals surface area contributed by atoms with Crippen molar-refractivity contribution in [2.24, 2.45) is 0 Å². The first-order valence-corrected chi connectivity index (χ1v) is 9.70. The molecule has 1 heterocycles. The average Bonchev–Trinajstić information content (AvgIpc) is 2.69. The van der Waals surface area contributed by atoms with Gasteiger partial charge in [-0.25, -0.2) is 0 Å². The van der Waals surface area contributed by atoms with Gasteiger partial charge in [-0.1, -0.05) is 70.2 Å². The number of rotatable bonds is 6. The Kier molecular flexibility index (Phi) is 5.59. The molecular formula is C24H28N2O. The van der Waals surface area contributed by atoms with Gasteiger partial charge in [0.05, 0.1) is 23.3 Å². The maximum Gasteiger partial charge on any atom is 0.231 e. The van der Waals surface area contributed by atoms with Crippen molar-refractivity contribution in [2.45, 2.75) is 51.9 Å². The van der Waals surface area contributed by atoms with Crippen LogP contribution in [-0.4, -0.2) is 10.9 Å². The second kappa shape index (κ2) is 7.91. The van der Waals surface area contributed by atoms with Crippen LogP contribution in [0.25, 0.3) is 10.9 Å². The van der Waals surface area contributed by atoms with Gasteiger partial charge in [0.1, 0.15) is 0 Å². The van der Waals surface area contributed by atoms with Crippen LogP contribution in [-0.2, 0) is 10.2 Å². The molecule has 1 unspecified atom stereocenters. The molecule has 3 aromatic rings. The van der Waals surface area contributed by atoms with Gasteiger partial charge in [-0.2, -0.15) is 0 Å². The zero-order valence-corrected chi connectivity index (χ0v) is 16.6. The first kappa shape index (κ1) is 19.1. The zero-order valence-electron chi connectivity index (χ0n) is 16.6. The fourth-order valence-electron chi connectivity index (χ4n) is 3.31. The molecule has 3 heteroatoms. The number of carbonyl (C=O) groups is 1. The number of para-hydroxylation sites is 1. The second-order valence-corrected chi connectivity index (χ2v) is 7.73. The Hall–Kier alpha value is -2.68. The summed E-state index contributed by atoms with van der Waals surface area (Å²) in [6.07, 6.45) is 3.56. The van der Waals surface area contributed by atoms with E-state index in [2.05, 4.69) is 55.3 Å². The Morgan fingerprint density at radius 1 is 1.07 bits per heavy atom. The summed E-state index contributed by atoms with van der Waals surface area (Å²) < 4.78 is 0. The lowest BCUT2D eigenvalue weighted by molar-refractivity contribution is -0.117. The summed E-state index contributed by atoms with van der Waals surface area (Å²) in [5, 5.41) is 4.06. The third-order valence-electron chi connectivity index (χ3n) is 5.56. The minimum atomic E-state index is -0.171. The standard InChI is InChI=1S/C24H28N2O/c1-5-21(17-11-13-19(14-12-17)24(3,4)6-2)23(27)26-20-15-18-9-7-8-10-22(18)25-16-20/h7-16,21H,5-6H2,1-4H3,(H,26,27). The van der Waals surface area contributed by atoms with E-state index in [9.17, 15) is 4.79 Å². The fourth-order valence-corrected chi connectivity index (χ4v) is 3.31. The molecule has 1 N–H and O–H groups in total. The van der Waals surface area contributed by atoms with Gasteiger partial charge in [-0.3, -0.25) is 9.78 Å². The predicted octanol–water partition coefficient (Wildman–Crippen LogP) is 6.05. The summed E-state index contributed by atoms with van der Waals surface area (Å²) in [5.41, 5.74) is 4.18. The summed E-state index contributed by atoms with van der Waals surface area (Å²) in [5.74, 6) is -0.160. The minimum absolute atomic E-state index is 0.0112. The van der Waals surface area contributed by atoms with Gasteiger partial charge >= 0.3 is 0 Å². The van der Waals surface area contributed by atoms with Crippen molar-refractivity contribution >= 4 is 22.5 Å². The number of nitrogens with one attached hydrogen (secondary N) is 1. The molecule has 0 radical (unpaired) electrons. The lowest BCUT2D eigenvalue weighted by atomic mass is 9.81. The van der Waals surface area contributed by atoms with Crippen LogP contribution in [0.4, 0.5) is 5.69 Å². The van der Waals surface area contributed by atoms with Gasteiger partial charge < -0.3 is 5.32 Å². The molecule has 2 aromatic carbocycles. The topological polar surface area (TPSA) is 42.0 Å². The van der Waals surface area contributed by atoms with E-state index >= 15 is 0 Å². The fraction of sp³-hybridized carbons (Fsp3) is 0.333. The van der Waals surface area contributed by atoms with Crippen LogP contribution in [0.15, 0.2) is 60.8 Å². The van der Waals surface area contributed by atoms with Crippen molar-refractivity contribution in [3.05, 3.63) is 71.9 Å². The highest BCUT2D eigenvalue weighted by atomic mass is 16.1. The van der Waals surface area contributed by atoms with Crippen molar-refractivity contribution in [3.8, 4) is 0 Å². The third kappa shape index (κ3) is 4.19. The molecule has 1 atom stereocenters. The summed E-state index contributed by atoms with van der Waals surface area (Å²) in [6, 6.07) is 18.4. The van der Waals surface area contributed by atoms with Gasteiger partial charge in [0.15, 0.2) is 0 Å². The summed E-state index contributed by atoms with van der Waals surface area (Å²) >= 11 is 0. The Morgan fingerprint density at radius 2 is 1.78 bits per heavy atom. The molecule has 0 saturated carbocycles. The molecule has 0 spiro atoms. The number of hydrogen-bond acceptors (Lipinski definition) is 2. The Bertz CT molecular complexity index is 929. The van der Waals surface area contributed by atoms with E-state index in [1.54, 1.807) is 6.20 Å². The second-order valence-electron chi connectivity index (χ2n) is 7.73. The number of carbonyl (C=O) groups excluding carboxylic acids is 1. The Balaban J connectivity index is 1.79. The molecule has 0 aliphatic rings. The number of aromatic nitrogens is 1. The first-order valence-electron chi connectivity index (χ1n) is 9.70. The van der Waals surface area contributed by atoms with Gasteiger partial charge in [0, 0.05) is 5.39 Å². The lowest BCUT2D eigenvalue weighted by Crippen LogP contribution is -2.21. The highest BCUT2D eigenvalue weighted by Gasteiger charge is 2.21. The van der Waals surface area contributed by atoms with Crippen LogP contribution >= 0.6 is 0 Å². The number of amides is 1. The lowest BCUT2D eigenvalue weighted by Gasteiger charge is -2.24. The molecular weight excluding hydrogens is 332 g/mol. The molecule has 0 aliphatic heterocycles. The maximum absolute atomic E-state index is 12.9. The minimum Gasteiger partial charge on any atom is -0.324 e. The largest absolute Gasteiger partial charge is 0.324 e. The van der Waals surface area contributed by atoms with E-state index in [1.807, 2.05) is 37.3 Å². The molecule has 0 bridgehead atoms. The van der Waals surface area contributed by atoms with Crippen molar-refractivity contribution in [1.29, 1.82) is 0 Å². The zero-order chi connectivity index (χ0) is 19.4. The Labute approximate surface area is 161 Å². The normalized spacial score (nSPS) is 12.7. The van der Waals surface area contributed by atoms with E-state index in [-0.39, 0.29) is 17.2 Å². The van der Waals surface area contributed by atoms with E-state index in [1.165, 1.54) is 5.56 Å². The van der Waals surface area contributed by atoms with Crippen LogP contribution in [0.5, 0.6) is 0 Å². The van der Waals surface area contributed by atoms with Crippen LogP contribution in [0.1, 0.15) is 57.6 Å². The number of benzene rings is 2. The van der Waals surface area contributed by atoms with Crippen molar-refractivity contribution in [3.63, 3.8) is 0 Å². The van der Waals surface area contributed by atoms with E-state index in [0.29, 0.717) is 0 Å². The van der Waals surface area contributed by atoms with Gasteiger partial charge in [0.25, 0.3) is 0 Å². The highest BCUT2D eigenvalue weighted by molar-refractivity contribution is 5.97. The summed E-state index contributed by atoms with van der Waals surface area (Å²) in [7, 11) is 0. The van der Waals surface area contributed by atoms with Gasteiger partial charge in [0.2, 0.25) is 5.91 Å². The first-order chi connectivity index (χ1) is 12.9. The molecule has 0 fully saturated rings. The van der Waals surface area contributed by atoms with Crippen molar-refractivity contribution in [1.82, 2.24) is 4.98 Å². The molecule has 1 amide bonds. The number of nitrogens with zero attached hydrogens (tertiary/aromatic N) is 1. The number of hydrogen-bond donors (Lipinski definition) is 1. The van der Waals surface area contributed by atoms with Gasteiger partial charge in [-0.05, 0) is 41.5 Å². The van der Waals surface area contributed by atoms with Crippen LogP contribution < -0.4 is 5.32 Å². The average molecular weight is 361 g/mol. The third-order valence-corrected chi connectivity index (χ3v) is 5.56. The predicted molar refractivity (Wildman–Crippen MR) is 113 cm³/mol. The highest BCUT2D eigenvalue weighted by Crippen LogP contribution is 2.29. The van der Waals surface area contributed by atoms with Crippen molar-refractivity contribution in [2.75, 3.05) is 5.32 Å². The number of fused-ring (bicyclic) bond motifs is 1. The molecule has 0 saturated heterocycles. The molecule has 0 aliphatic carbocycles. The Morgan fingerprint density at radius 3 is 2.44 bits per heavy atom. The van der Waals surface area contributed by atoms with Crippen LogP contribution in [0, 0.1) is 0 Å². The summed E-state index contributed by atoms with van der Waals surface area (Å²) in [4.78, 5) is 17.3. The van der Waals surface area contributed by atoms with Crippen molar-refractivity contribution < 1.29 is 4.79 Å². The summed E-state index contributed by atoms with van der Waals surface area (Å²) in [6.45, 7) is 8.75. The smallest absolute Gasteiger partial charge is 0.231 e. The monoisotopic (exact) mass is 360 g/mol. The van der Waals surface area contributed by atoms with Crippen LogP contribution in [0.3, 0.4) is 0 Å². The maximum atomic E-state index is 12.9. The molecule has 27 heavy (non-hydrogen) atoms. The molecule has 3 nitrogen and oxygen atoms in total. The van der Waals surface area contributed by atoms with Crippen LogP contribution in [0.2, 0.25) is 0 Å². The van der Waals surface area contributed by atoms with Gasteiger partial charge in [-0.15, -0.1) is 0 Å². The molecule has 140 valence electrons. The molecule has 3 rings (SSSR count). The quantitative estimate of drug-likeness (QED) is 0.581. The van der Waals surface area contributed by atoms with E-state index in [0.717, 1.165) is 35.0 Å². The number of anilines is 1. The SMILES string of the molecule is CCC(C(=O)Nc1cnc2ccccc2c1)c1ccc(C(C)(C)CC)cc1. The van der Waals surface area contributed by atoms with E-state index < -0.39 is 0 Å². The molecule has 1 aromatic heterocycles. The van der Waals surface area contributed by atoms with E-state index in [4.69, 9.17) is 0 Å². The number of pyridine rings is 1.